The van der Waals surface area contributed by atoms with Gasteiger partial charge in [0, 0.05) is 19.6 Å². The molecule has 0 aliphatic heterocycles. The Hall–Kier alpha value is -3.18. The highest BCUT2D eigenvalue weighted by atomic mass is 19.1. The molecule has 0 radical (unpaired) electrons. The first-order valence-electron chi connectivity index (χ1n) is 11.4. The summed E-state index contributed by atoms with van der Waals surface area (Å²) >= 11 is 0. The van der Waals surface area contributed by atoms with Crippen molar-refractivity contribution < 1.29 is 19.0 Å². The van der Waals surface area contributed by atoms with Crippen LogP contribution in [-0.2, 0) is 17.8 Å². The molecule has 0 saturated heterocycles. The first-order chi connectivity index (χ1) is 15.9. The molecule has 33 heavy (non-hydrogen) atoms. The lowest BCUT2D eigenvalue weighted by molar-refractivity contribution is -0.136. The van der Waals surface area contributed by atoms with Gasteiger partial charge >= 0.3 is 5.97 Å². The Morgan fingerprint density at radius 2 is 1.82 bits per heavy atom. The minimum atomic E-state index is -0.855. The maximum atomic E-state index is 13.7. The van der Waals surface area contributed by atoms with Crippen LogP contribution in [0.15, 0.2) is 72.8 Å². The summed E-state index contributed by atoms with van der Waals surface area (Å²) in [6.45, 7) is 7.02. The van der Waals surface area contributed by atoms with Crippen molar-refractivity contribution in [3.05, 3.63) is 101 Å². The van der Waals surface area contributed by atoms with Gasteiger partial charge in [-0.3, -0.25) is 9.69 Å². The maximum absolute atomic E-state index is 13.7. The van der Waals surface area contributed by atoms with Gasteiger partial charge in [-0.05, 0) is 59.7 Å². The van der Waals surface area contributed by atoms with Crippen LogP contribution in [0.25, 0.3) is 0 Å². The molecule has 0 aromatic heterocycles. The van der Waals surface area contributed by atoms with Crippen LogP contribution in [-0.4, -0.2) is 35.7 Å². The Morgan fingerprint density at radius 3 is 2.55 bits per heavy atom. The highest BCUT2D eigenvalue weighted by molar-refractivity contribution is 5.70. The Labute approximate surface area is 195 Å². The minimum absolute atomic E-state index is 0.0144. The first-order valence-corrected chi connectivity index (χ1v) is 11.4. The van der Waals surface area contributed by atoms with Crippen LogP contribution >= 0.6 is 0 Å². The van der Waals surface area contributed by atoms with Gasteiger partial charge in [-0.25, -0.2) is 4.39 Å². The number of hydrogen-bond acceptors (Lipinski definition) is 3. The second-order valence-electron chi connectivity index (χ2n) is 8.55. The van der Waals surface area contributed by atoms with Crippen LogP contribution in [0.1, 0.15) is 41.5 Å². The third kappa shape index (κ3) is 8.03. The van der Waals surface area contributed by atoms with Crippen LogP contribution in [0.4, 0.5) is 4.39 Å². The van der Waals surface area contributed by atoms with Crippen LogP contribution < -0.4 is 4.74 Å². The molecule has 0 aliphatic carbocycles. The number of halogens is 1. The second-order valence-corrected chi connectivity index (χ2v) is 8.55. The zero-order valence-electron chi connectivity index (χ0n) is 19.3. The van der Waals surface area contributed by atoms with E-state index in [1.54, 1.807) is 19.1 Å². The molecule has 174 valence electrons. The molecule has 1 atom stereocenters. The average molecular weight is 450 g/mol. The Balaban J connectivity index is 1.59. The summed E-state index contributed by atoms with van der Waals surface area (Å²) in [5, 5.41) is 8.97. The average Bonchev–Trinajstić information content (AvgIpc) is 2.79. The number of aliphatic carboxylic acids is 1. The Morgan fingerprint density at radius 1 is 1.03 bits per heavy atom. The van der Waals surface area contributed by atoms with E-state index in [2.05, 4.69) is 36.1 Å². The summed E-state index contributed by atoms with van der Waals surface area (Å²) in [5.41, 5.74) is 3.78. The van der Waals surface area contributed by atoms with Crippen molar-refractivity contribution >= 4 is 5.97 Å². The minimum Gasteiger partial charge on any atom is -0.494 e. The molecule has 3 aromatic rings. The maximum Gasteiger partial charge on any atom is 0.307 e. The molecular weight excluding hydrogens is 417 g/mol. The van der Waals surface area contributed by atoms with Crippen molar-refractivity contribution in [1.29, 1.82) is 0 Å². The van der Waals surface area contributed by atoms with Gasteiger partial charge in [0.1, 0.15) is 11.6 Å². The number of hydrogen-bond donors (Lipinski definition) is 1. The molecule has 3 aromatic carbocycles. The van der Waals surface area contributed by atoms with Gasteiger partial charge in [0.15, 0.2) is 0 Å². The molecule has 0 bridgehead atoms. The van der Waals surface area contributed by atoms with E-state index in [4.69, 9.17) is 9.84 Å². The number of ether oxygens (including phenoxy) is 1. The summed E-state index contributed by atoms with van der Waals surface area (Å²) in [5.74, 6) is 0.0151. The van der Waals surface area contributed by atoms with E-state index in [0.717, 1.165) is 37.2 Å². The van der Waals surface area contributed by atoms with Gasteiger partial charge < -0.3 is 9.84 Å². The number of rotatable bonds is 12. The zero-order chi connectivity index (χ0) is 23.6. The molecule has 0 saturated carbocycles. The first kappa shape index (κ1) is 24.5. The third-order valence-corrected chi connectivity index (χ3v) is 5.67. The third-order valence-electron chi connectivity index (χ3n) is 5.67. The molecule has 3 rings (SSSR count). The molecule has 0 amide bonds. The SMILES string of the molecule is Cc1cc(CN(CCCOc2cccc(CC(=O)O)c2)C[C@@H](C)c2ccccc2)ccc1F. The number of carboxylic acid groups (broad SMARTS) is 1. The lowest BCUT2D eigenvalue weighted by atomic mass is 10.00. The number of carboxylic acids is 1. The van der Waals surface area contributed by atoms with Gasteiger partial charge in [-0.1, -0.05) is 61.5 Å². The predicted octanol–water partition coefficient (Wildman–Crippen LogP) is 5.84. The number of carbonyl (C=O) groups is 1. The molecule has 4 nitrogen and oxygen atoms in total. The molecule has 0 spiro atoms. The summed E-state index contributed by atoms with van der Waals surface area (Å²) in [6.07, 6.45) is 0.810. The van der Waals surface area contributed by atoms with Gasteiger partial charge in [-0.2, -0.15) is 0 Å². The van der Waals surface area contributed by atoms with Crippen molar-refractivity contribution in [2.75, 3.05) is 19.7 Å². The summed E-state index contributed by atoms with van der Waals surface area (Å²) in [4.78, 5) is 13.3. The van der Waals surface area contributed by atoms with Gasteiger partial charge in [0.05, 0.1) is 13.0 Å². The topological polar surface area (TPSA) is 49.8 Å². The van der Waals surface area contributed by atoms with Crippen LogP contribution in [0.3, 0.4) is 0 Å². The highest BCUT2D eigenvalue weighted by Crippen LogP contribution is 2.19. The fourth-order valence-corrected chi connectivity index (χ4v) is 3.97. The van der Waals surface area contributed by atoms with Gasteiger partial charge in [0.2, 0.25) is 0 Å². The van der Waals surface area contributed by atoms with Gasteiger partial charge in [0.25, 0.3) is 0 Å². The van der Waals surface area contributed by atoms with Crippen molar-refractivity contribution in [1.82, 2.24) is 4.90 Å². The van der Waals surface area contributed by atoms with E-state index in [0.29, 0.717) is 23.8 Å². The normalized spacial score (nSPS) is 12.0. The van der Waals surface area contributed by atoms with Gasteiger partial charge in [-0.15, -0.1) is 0 Å². The van der Waals surface area contributed by atoms with E-state index in [1.165, 1.54) is 11.6 Å². The Bertz CT molecular complexity index is 1040. The lowest BCUT2D eigenvalue weighted by Crippen LogP contribution is -2.29. The summed E-state index contributed by atoms with van der Waals surface area (Å²) in [6, 6.07) is 23.0. The molecule has 0 unspecified atom stereocenters. The quantitative estimate of drug-likeness (QED) is 0.353. The molecule has 0 fully saturated rings. The van der Waals surface area contributed by atoms with E-state index in [1.807, 2.05) is 30.3 Å². The zero-order valence-corrected chi connectivity index (χ0v) is 19.3. The fourth-order valence-electron chi connectivity index (χ4n) is 3.97. The van der Waals surface area contributed by atoms with E-state index in [9.17, 15) is 9.18 Å². The number of nitrogens with zero attached hydrogens (tertiary/aromatic N) is 1. The monoisotopic (exact) mass is 449 g/mol. The Kier molecular flexibility index (Phi) is 9.02. The van der Waals surface area contributed by atoms with Crippen molar-refractivity contribution in [3.63, 3.8) is 0 Å². The number of aryl methyl sites for hydroxylation is 1. The molecule has 0 heterocycles. The van der Waals surface area contributed by atoms with Crippen molar-refractivity contribution in [2.24, 2.45) is 0 Å². The predicted molar refractivity (Wildman–Crippen MR) is 129 cm³/mol. The van der Waals surface area contributed by atoms with E-state index < -0.39 is 5.97 Å². The molecule has 1 N–H and O–H groups in total. The fraction of sp³-hybridized carbons (Fsp3) is 0.321. The lowest BCUT2D eigenvalue weighted by Gasteiger charge is -2.26. The van der Waals surface area contributed by atoms with Crippen molar-refractivity contribution in [3.8, 4) is 5.75 Å². The van der Waals surface area contributed by atoms with Crippen LogP contribution in [0.2, 0.25) is 0 Å². The van der Waals surface area contributed by atoms with Crippen LogP contribution in [0, 0.1) is 12.7 Å². The largest absolute Gasteiger partial charge is 0.494 e. The summed E-state index contributed by atoms with van der Waals surface area (Å²) < 4.78 is 19.6. The summed E-state index contributed by atoms with van der Waals surface area (Å²) in [7, 11) is 0. The van der Waals surface area contributed by atoms with E-state index >= 15 is 0 Å². The number of benzene rings is 3. The highest BCUT2D eigenvalue weighted by Gasteiger charge is 2.13. The molecule has 0 aliphatic rings. The standard InChI is InChI=1S/C28H32FNO3/c1-21-16-24(12-13-27(21)29)20-30(19-22(2)25-9-4-3-5-10-25)14-7-15-33-26-11-6-8-23(17-26)18-28(31)32/h3-6,8-13,16-17,22H,7,14-15,18-20H2,1-2H3,(H,31,32)/t22-/m1/s1. The van der Waals surface area contributed by atoms with E-state index in [-0.39, 0.29) is 12.2 Å². The smallest absolute Gasteiger partial charge is 0.307 e. The second kappa shape index (κ2) is 12.2. The molecule has 5 heteroatoms. The van der Waals surface area contributed by atoms with Crippen molar-refractivity contribution in [2.45, 2.75) is 39.2 Å². The van der Waals surface area contributed by atoms with Crippen LogP contribution in [0.5, 0.6) is 5.75 Å². The molecular formula is C28H32FNO3.